The number of carbonyl (C=O) groups is 4. The molecule has 3 fully saturated rings. The molecule has 6 aromatic rings. The Labute approximate surface area is 396 Å². The smallest absolute Gasteiger partial charge is 0.407 e. The van der Waals surface area contributed by atoms with Gasteiger partial charge in [0.05, 0.1) is 36.8 Å². The van der Waals surface area contributed by atoms with Gasteiger partial charge in [-0.25, -0.2) is 14.8 Å². The van der Waals surface area contributed by atoms with E-state index < -0.39 is 18.2 Å². The summed E-state index contributed by atoms with van der Waals surface area (Å²) in [6.45, 7) is 6.38. The summed E-state index contributed by atoms with van der Waals surface area (Å²) in [6.07, 6.45) is 8.33. The Bertz CT molecular complexity index is 2830. The van der Waals surface area contributed by atoms with E-state index in [0.717, 1.165) is 119 Å². The molecule has 3 aliphatic heterocycles. The number of benzene rings is 4. The Hall–Kier alpha value is -6.80. The predicted molar refractivity (Wildman–Crippen MR) is 259 cm³/mol. The Morgan fingerprint density at radius 2 is 1.44 bits per heavy atom. The number of carbonyl (C=O) groups excluding carboxylic acids is 4. The second kappa shape index (κ2) is 19.4. The van der Waals surface area contributed by atoms with Crippen LogP contribution in [0, 0.1) is 11.8 Å². The zero-order valence-corrected chi connectivity index (χ0v) is 39.1. The summed E-state index contributed by atoms with van der Waals surface area (Å²) in [5, 5.41) is 8.07. The first-order chi connectivity index (χ1) is 33.1. The van der Waals surface area contributed by atoms with E-state index >= 15 is 0 Å². The Morgan fingerprint density at radius 3 is 2.18 bits per heavy atom. The van der Waals surface area contributed by atoms with Gasteiger partial charge in [-0.05, 0) is 108 Å². The number of imidazole rings is 2. The fourth-order valence-electron chi connectivity index (χ4n) is 10.7. The Morgan fingerprint density at radius 1 is 0.765 bits per heavy atom. The lowest BCUT2D eigenvalue weighted by Gasteiger charge is -2.30. The predicted octanol–water partition coefficient (Wildman–Crippen LogP) is 8.77. The van der Waals surface area contributed by atoms with Gasteiger partial charge in [-0.3, -0.25) is 14.4 Å². The number of nitrogens with zero attached hydrogens (tertiary/aromatic N) is 4. The zero-order valence-electron chi connectivity index (χ0n) is 39.1. The fourth-order valence-corrected chi connectivity index (χ4v) is 10.7. The molecule has 5 heterocycles. The maximum atomic E-state index is 14.4. The first-order valence-electron chi connectivity index (χ1n) is 24.3. The van der Waals surface area contributed by atoms with Crippen LogP contribution in [0.4, 0.5) is 4.79 Å². The Balaban J connectivity index is 0.828. The summed E-state index contributed by atoms with van der Waals surface area (Å²) >= 11 is 0. The van der Waals surface area contributed by atoms with Crippen molar-refractivity contribution in [1.29, 1.82) is 0 Å². The number of aromatic amines is 2. The SMILES string of the molecule is COC(=O)NC(C(=O)N1CCCC1c1nc2c([nH]1)CCc1cc(-c3ccc4cc(-c5cnc(C6CCCN6C(=O)C(NC(=O)CC6CCOCC6)c6ccccc6)[nH]5)ccc4c3)ccc1-2)C(C)C. The minimum absolute atomic E-state index is 0.102. The first-order valence-corrected chi connectivity index (χ1v) is 24.3. The molecule has 0 radical (unpaired) electrons. The van der Waals surface area contributed by atoms with Crippen molar-refractivity contribution in [3.8, 4) is 33.6 Å². The number of aromatic nitrogens is 4. The van der Waals surface area contributed by atoms with Crippen molar-refractivity contribution in [3.63, 3.8) is 0 Å². The summed E-state index contributed by atoms with van der Waals surface area (Å²) < 4.78 is 10.3. The molecule has 0 spiro atoms. The number of rotatable bonds is 12. The summed E-state index contributed by atoms with van der Waals surface area (Å²) in [5.74, 6) is 1.35. The number of alkyl carbamates (subject to hydrolysis) is 1. The van der Waals surface area contributed by atoms with Crippen molar-refractivity contribution in [3.05, 3.63) is 120 Å². The summed E-state index contributed by atoms with van der Waals surface area (Å²) in [4.78, 5) is 74.5. The van der Waals surface area contributed by atoms with E-state index in [2.05, 4.69) is 75.2 Å². The van der Waals surface area contributed by atoms with Crippen LogP contribution in [0.1, 0.15) is 105 Å². The quantitative estimate of drug-likeness (QED) is 0.0943. The second-order valence-electron chi connectivity index (χ2n) is 19.2. The second-order valence-corrected chi connectivity index (χ2v) is 19.2. The number of aryl methyl sites for hydroxylation is 2. The van der Waals surface area contributed by atoms with Gasteiger partial charge in [-0.15, -0.1) is 0 Å². The Kier molecular flexibility index (Phi) is 12.9. The van der Waals surface area contributed by atoms with E-state index in [4.69, 9.17) is 19.4 Å². The van der Waals surface area contributed by atoms with Crippen molar-refractivity contribution in [1.82, 2.24) is 40.4 Å². The number of hydrogen-bond acceptors (Lipinski definition) is 8. The maximum Gasteiger partial charge on any atom is 0.407 e. The average molecular weight is 917 g/mol. The van der Waals surface area contributed by atoms with Crippen LogP contribution in [0.3, 0.4) is 0 Å². The summed E-state index contributed by atoms with van der Waals surface area (Å²) in [5.41, 5.74) is 9.32. The highest BCUT2D eigenvalue weighted by molar-refractivity contribution is 5.92. The lowest BCUT2D eigenvalue weighted by Crippen LogP contribution is -2.51. The molecule has 10 rings (SSSR count). The molecular formula is C54H60N8O6. The van der Waals surface area contributed by atoms with Crippen LogP contribution < -0.4 is 10.6 Å². The van der Waals surface area contributed by atoms with Gasteiger partial charge in [-0.2, -0.15) is 0 Å². The van der Waals surface area contributed by atoms with E-state index in [9.17, 15) is 19.2 Å². The molecule has 4 aliphatic rings. The first kappa shape index (κ1) is 45.0. The van der Waals surface area contributed by atoms with Crippen molar-refractivity contribution in [2.24, 2.45) is 11.8 Å². The van der Waals surface area contributed by atoms with Crippen LogP contribution >= 0.6 is 0 Å². The third-order valence-electron chi connectivity index (χ3n) is 14.5. The van der Waals surface area contributed by atoms with Gasteiger partial charge >= 0.3 is 6.09 Å². The third kappa shape index (κ3) is 9.13. The minimum Gasteiger partial charge on any atom is -0.453 e. The number of H-pyrrole nitrogens is 2. The summed E-state index contributed by atoms with van der Waals surface area (Å²) in [6, 6.07) is 27.3. The molecule has 4 unspecified atom stereocenters. The standard InChI is InChI=1S/C54H60N8O6/c1-32(2)47(60-54(66)67-3)52(64)62-24-8-12-45(62)51-56-42-20-18-39-29-38(17-19-41(39)49(42)59-51)35-13-14-37-30-40(16-15-36(37)28-35)43-31-55-50(57-43)44-11-7-23-61(44)53(65)48(34-9-5-4-6-10-34)58-46(63)27-33-21-25-68-26-22-33/h4-6,9-10,13-17,19,28-33,44-45,47-48H,7-8,11-12,18,20-27H2,1-3H3,(H,55,57)(H,56,59)(H,58,63)(H,60,66). The highest BCUT2D eigenvalue weighted by Crippen LogP contribution is 2.40. The molecule has 4 aromatic carbocycles. The maximum absolute atomic E-state index is 14.4. The van der Waals surface area contributed by atoms with Gasteiger partial charge in [0, 0.05) is 49.5 Å². The van der Waals surface area contributed by atoms with Crippen molar-refractivity contribution >= 4 is 34.6 Å². The van der Waals surface area contributed by atoms with E-state index in [-0.39, 0.29) is 41.6 Å². The molecule has 4 amide bonds. The number of likely N-dealkylation sites (tertiary alicyclic amines) is 2. The lowest BCUT2D eigenvalue weighted by atomic mass is 9.89. The molecule has 0 bridgehead atoms. The van der Waals surface area contributed by atoms with E-state index in [1.807, 2.05) is 60.2 Å². The normalized spacial score (nSPS) is 19.1. The number of methoxy groups -OCH3 is 1. The molecule has 4 N–H and O–H groups in total. The lowest BCUT2D eigenvalue weighted by molar-refractivity contribution is -0.138. The van der Waals surface area contributed by atoms with Gasteiger partial charge in [-0.1, -0.05) is 86.6 Å². The van der Waals surface area contributed by atoms with E-state index in [0.29, 0.717) is 32.7 Å². The van der Waals surface area contributed by atoms with Crippen molar-refractivity contribution in [2.45, 2.75) is 95.8 Å². The molecule has 2 aromatic heterocycles. The van der Waals surface area contributed by atoms with Crippen LogP contribution in [0.2, 0.25) is 0 Å². The van der Waals surface area contributed by atoms with Crippen molar-refractivity contribution < 1.29 is 28.7 Å². The van der Waals surface area contributed by atoms with Crippen LogP contribution in [-0.4, -0.2) is 93.0 Å². The number of fused-ring (bicyclic) bond motifs is 4. The molecule has 14 nitrogen and oxygen atoms in total. The molecule has 352 valence electrons. The van der Waals surface area contributed by atoms with Gasteiger partial charge in [0.1, 0.15) is 23.7 Å². The average Bonchev–Trinajstić information content (AvgIpc) is 4.22. The third-order valence-corrected chi connectivity index (χ3v) is 14.5. The molecule has 14 heteroatoms. The van der Waals surface area contributed by atoms with Crippen molar-refractivity contribution in [2.75, 3.05) is 33.4 Å². The number of nitrogens with one attached hydrogen (secondary N) is 4. The van der Waals surface area contributed by atoms with E-state index in [1.54, 1.807) is 0 Å². The van der Waals surface area contributed by atoms with Crippen LogP contribution in [0.25, 0.3) is 44.4 Å². The molecule has 3 saturated heterocycles. The number of hydrogen-bond donors (Lipinski definition) is 4. The van der Waals surface area contributed by atoms with Crippen LogP contribution in [0.15, 0.2) is 91.1 Å². The van der Waals surface area contributed by atoms with Gasteiger partial charge in [0.2, 0.25) is 17.7 Å². The van der Waals surface area contributed by atoms with E-state index in [1.165, 1.54) is 12.7 Å². The largest absolute Gasteiger partial charge is 0.453 e. The number of ether oxygens (including phenoxy) is 2. The van der Waals surface area contributed by atoms with Crippen LogP contribution in [0.5, 0.6) is 0 Å². The van der Waals surface area contributed by atoms with Gasteiger partial charge in [0.25, 0.3) is 0 Å². The summed E-state index contributed by atoms with van der Waals surface area (Å²) in [7, 11) is 1.31. The molecule has 1 aliphatic carbocycles. The number of amides is 4. The molecule has 0 saturated carbocycles. The van der Waals surface area contributed by atoms with Gasteiger partial charge in [0.15, 0.2) is 0 Å². The van der Waals surface area contributed by atoms with Gasteiger partial charge < -0.3 is 39.9 Å². The highest BCUT2D eigenvalue weighted by atomic mass is 16.5. The zero-order chi connectivity index (χ0) is 46.9. The highest BCUT2D eigenvalue weighted by Gasteiger charge is 2.39. The fraction of sp³-hybridized carbons (Fsp3) is 0.407. The minimum atomic E-state index is -0.779. The van der Waals surface area contributed by atoms with Crippen LogP contribution in [-0.2, 0) is 36.7 Å². The molecule has 68 heavy (non-hydrogen) atoms. The molecular weight excluding hydrogens is 857 g/mol. The topological polar surface area (TPSA) is 175 Å². The molecule has 4 atom stereocenters. The monoisotopic (exact) mass is 916 g/mol.